The van der Waals surface area contributed by atoms with Gasteiger partial charge in [0.25, 0.3) is 0 Å². The van der Waals surface area contributed by atoms with Crippen LogP contribution in [0, 0.1) is 50.2 Å². The quantitative estimate of drug-likeness (QED) is 0.0632. The Morgan fingerprint density at radius 1 is 0.667 bits per heavy atom. The zero-order valence-corrected chi connectivity index (χ0v) is 40.3. The van der Waals surface area contributed by atoms with Gasteiger partial charge in [0.2, 0.25) is 6.29 Å². The molecule has 8 rings (SSSR count). The molecule has 7 fully saturated rings. The summed E-state index contributed by atoms with van der Waals surface area (Å²) in [5.41, 5.74) is -3.81. The van der Waals surface area contributed by atoms with E-state index in [1.54, 1.807) is 0 Å². The molecule has 0 radical (unpaired) electrons. The molecule has 25 atom stereocenters. The van der Waals surface area contributed by atoms with Crippen molar-refractivity contribution in [1.29, 1.82) is 0 Å². The van der Waals surface area contributed by atoms with E-state index in [9.17, 15) is 70.9 Å². The largest absolute Gasteiger partial charge is 0.469 e. The Bertz CT molecular complexity index is 1920. The molecule has 21 heteroatoms. The van der Waals surface area contributed by atoms with Gasteiger partial charge in [0, 0.05) is 5.41 Å². The summed E-state index contributed by atoms with van der Waals surface area (Å²) in [6.45, 7) is 8.10. The highest BCUT2D eigenvalue weighted by molar-refractivity contribution is 5.81. The van der Waals surface area contributed by atoms with Gasteiger partial charge in [-0.3, -0.25) is 9.59 Å². The molecule has 12 N–H and O–H groups in total. The number of aliphatic hydroxyl groups is 12. The number of esters is 2. The Morgan fingerprint density at radius 3 is 1.87 bits per heavy atom. The molecule has 8 unspecified atom stereocenters. The van der Waals surface area contributed by atoms with E-state index in [1.165, 1.54) is 7.11 Å². The highest BCUT2D eigenvalue weighted by Crippen LogP contribution is 2.76. The van der Waals surface area contributed by atoms with Crippen molar-refractivity contribution < 1.29 is 104 Å². The van der Waals surface area contributed by atoms with E-state index in [0.29, 0.717) is 38.5 Å². The monoisotopic (exact) mass is 988 g/mol. The number of fused-ring (bicyclic) bond motifs is 7. The Morgan fingerprint density at radius 2 is 1.26 bits per heavy atom. The van der Waals surface area contributed by atoms with Crippen molar-refractivity contribution in [3.05, 3.63) is 11.6 Å². The van der Waals surface area contributed by atoms with Crippen LogP contribution in [0.5, 0.6) is 0 Å². The fourth-order valence-corrected chi connectivity index (χ4v) is 15.1. The lowest BCUT2D eigenvalue weighted by molar-refractivity contribution is -0.357. The first-order chi connectivity index (χ1) is 32.4. The van der Waals surface area contributed by atoms with Gasteiger partial charge in [-0.2, -0.15) is 0 Å². The number of hydrogen-bond donors (Lipinski definition) is 12. The van der Waals surface area contributed by atoms with Crippen LogP contribution in [0.2, 0.25) is 0 Å². The van der Waals surface area contributed by atoms with Crippen molar-refractivity contribution in [2.45, 2.75) is 191 Å². The molecular formula is C48H76O21. The lowest BCUT2D eigenvalue weighted by Crippen LogP contribution is -2.69. The molecule has 0 aromatic carbocycles. The molecule has 4 saturated carbocycles. The van der Waals surface area contributed by atoms with Gasteiger partial charge in [-0.15, -0.1) is 0 Å². The Kier molecular flexibility index (Phi) is 14.7. The standard InChI is InChI=1S/C48H76O21/c1-43(41(61)63-6)11-13-48(42(62)69-40-36(60)33(57)30(54)25(18-50)66-40)14-12-46(4)21(22(48)15-43)7-8-28-44(2)16-23(52)37(45(3,20-51)27(44)9-10-47(28,46)5)68-38-34(58)31(55)26(19-64-38)67-39-35(59)32(56)29(53)24(17-49)65-39/h7,22-40,49-60H,8-20H2,1-6H3/t22?,23?,24-,25+,26+,27?,28?,29-,30+,31-,32+,33-,34+,35-,36+,37?,38+,39+,40-,43+,44?,45+,46-,47?,48?/m1/s1. The second-order valence-electron chi connectivity index (χ2n) is 22.9. The number of hydrogen-bond acceptors (Lipinski definition) is 21. The Hall–Kier alpha value is -2.00. The van der Waals surface area contributed by atoms with E-state index in [-0.39, 0.29) is 31.1 Å². The molecule has 3 heterocycles. The van der Waals surface area contributed by atoms with Gasteiger partial charge in [0.1, 0.15) is 67.1 Å². The molecule has 0 spiro atoms. The van der Waals surface area contributed by atoms with E-state index < -0.39 is 175 Å². The minimum atomic E-state index is -1.80. The zero-order valence-electron chi connectivity index (χ0n) is 40.3. The maximum atomic E-state index is 14.8. The van der Waals surface area contributed by atoms with Gasteiger partial charge >= 0.3 is 11.9 Å². The van der Waals surface area contributed by atoms with Crippen LogP contribution in [0.4, 0.5) is 0 Å². The van der Waals surface area contributed by atoms with Crippen molar-refractivity contribution in [1.82, 2.24) is 0 Å². The van der Waals surface area contributed by atoms with E-state index in [2.05, 4.69) is 26.8 Å². The first kappa shape index (κ1) is 53.3. The summed E-state index contributed by atoms with van der Waals surface area (Å²) < 4.78 is 40.3. The predicted octanol–water partition coefficient (Wildman–Crippen LogP) is -2.12. The highest BCUT2D eigenvalue weighted by Gasteiger charge is 2.72. The highest BCUT2D eigenvalue weighted by atomic mass is 16.7. The maximum absolute atomic E-state index is 14.8. The summed E-state index contributed by atoms with van der Waals surface area (Å²) in [5, 5.41) is 128. The Balaban J connectivity index is 1.04. The van der Waals surface area contributed by atoms with Gasteiger partial charge in [0.05, 0.1) is 56.6 Å². The minimum Gasteiger partial charge on any atom is -0.469 e. The SMILES string of the molecule is COC(=O)[C@@]1(C)CCC2(C(=O)O[C@H]3O[C@@H](CO)[C@H](O)[C@@H](O)[C@@H]3O)CC[C@]3(C)C(=CCC4C5(C)CC(O)C(O[C@@H]6OC[C@H](O[C@@H]7O[C@H](CO)[C@@H](O)[C@H](O)[C@H]7O)[C@@H](O)[C@@H]6O)[C@@](C)(CO)C5CCC43C)C2C1. The number of carbonyl (C=O) groups excluding carboxylic acids is 2. The summed E-state index contributed by atoms with van der Waals surface area (Å²) >= 11 is 0. The van der Waals surface area contributed by atoms with Crippen LogP contribution < -0.4 is 0 Å². The van der Waals surface area contributed by atoms with Gasteiger partial charge < -0.3 is 94.4 Å². The normalized spacial score (nSPS) is 54.2. The van der Waals surface area contributed by atoms with Crippen LogP contribution in [0.3, 0.4) is 0 Å². The molecule has 0 bridgehead atoms. The molecule has 8 aliphatic rings. The maximum Gasteiger partial charge on any atom is 0.315 e. The molecule has 5 aliphatic carbocycles. The second-order valence-corrected chi connectivity index (χ2v) is 22.9. The topological polar surface area (TPSA) is 342 Å². The third-order valence-corrected chi connectivity index (χ3v) is 19.5. The molecular weight excluding hydrogens is 913 g/mol. The van der Waals surface area contributed by atoms with E-state index >= 15 is 0 Å². The second kappa shape index (κ2) is 19.0. The number of ether oxygens (including phenoxy) is 7. The smallest absolute Gasteiger partial charge is 0.315 e. The summed E-state index contributed by atoms with van der Waals surface area (Å²) in [5.74, 6) is -1.90. The fraction of sp³-hybridized carbons (Fsp3) is 0.917. The van der Waals surface area contributed by atoms with Gasteiger partial charge in [-0.25, -0.2) is 0 Å². The van der Waals surface area contributed by atoms with Gasteiger partial charge in [-0.1, -0.05) is 39.3 Å². The molecule has 69 heavy (non-hydrogen) atoms. The van der Waals surface area contributed by atoms with Crippen LogP contribution in [0.1, 0.15) is 92.4 Å². The average Bonchev–Trinajstić information content (AvgIpc) is 3.32. The van der Waals surface area contributed by atoms with Crippen molar-refractivity contribution in [3.8, 4) is 0 Å². The third kappa shape index (κ3) is 8.16. The van der Waals surface area contributed by atoms with E-state index in [1.807, 2.05) is 13.8 Å². The van der Waals surface area contributed by atoms with Crippen LogP contribution >= 0.6 is 0 Å². The van der Waals surface area contributed by atoms with Crippen LogP contribution in [-0.2, 0) is 42.7 Å². The number of methoxy groups -OCH3 is 1. The van der Waals surface area contributed by atoms with Gasteiger partial charge in [0.15, 0.2) is 12.6 Å². The summed E-state index contributed by atoms with van der Waals surface area (Å²) in [6.07, 6.45) is -18.7. The van der Waals surface area contributed by atoms with E-state index in [0.717, 1.165) is 5.57 Å². The van der Waals surface area contributed by atoms with E-state index in [4.69, 9.17) is 33.2 Å². The Labute approximate surface area is 401 Å². The van der Waals surface area contributed by atoms with Crippen LogP contribution in [0.25, 0.3) is 0 Å². The third-order valence-electron chi connectivity index (χ3n) is 19.5. The van der Waals surface area contributed by atoms with Gasteiger partial charge in [-0.05, 0) is 98.7 Å². The fourth-order valence-electron chi connectivity index (χ4n) is 15.1. The summed E-state index contributed by atoms with van der Waals surface area (Å²) in [7, 11) is 1.34. The van der Waals surface area contributed by atoms with Crippen LogP contribution in [-0.4, -0.2) is 205 Å². The molecule has 21 nitrogen and oxygen atoms in total. The summed E-state index contributed by atoms with van der Waals surface area (Å²) in [6, 6.07) is 0. The lowest BCUT2D eigenvalue weighted by Gasteiger charge is -2.71. The van der Waals surface area contributed by atoms with Crippen molar-refractivity contribution in [3.63, 3.8) is 0 Å². The summed E-state index contributed by atoms with van der Waals surface area (Å²) in [4.78, 5) is 28.3. The first-order valence-corrected chi connectivity index (χ1v) is 24.5. The number of rotatable bonds is 10. The first-order valence-electron chi connectivity index (χ1n) is 24.5. The zero-order chi connectivity index (χ0) is 50.6. The van der Waals surface area contributed by atoms with Crippen LogP contribution in [0.15, 0.2) is 11.6 Å². The molecule has 3 saturated heterocycles. The van der Waals surface area contributed by atoms with Crippen molar-refractivity contribution >= 4 is 11.9 Å². The van der Waals surface area contributed by atoms with Crippen molar-refractivity contribution in [2.24, 2.45) is 50.2 Å². The lowest BCUT2D eigenvalue weighted by atomic mass is 9.33. The number of aliphatic hydroxyl groups excluding tert-OH is 12. The molecule has 3 aliphatic heterocycles. The molecule has 0 amide bonds. The number of allylic oxidation sites excluding steroid dienone is 2. The molecule has 394 valence electrons. The van der Waals surface area contributed by atoms with Crippen molar-refractivity contribution in [2.75, 3.05) is 33.5 Å². The number of carbonyl (C=O) groups is 2. The molecule has 0 aromatic rings. The minimum absolute atomic E-state index is 0.0678. The average molecular weight is 989 g/mol. The molecule has 0 aromatic heterocycles. The predicted molar refractivity (Wildman–Crippen MR) is 233 cm³/mol.